The molecule has 0 fully saturated rings. The summed E-state index contributed by atoms with van der Waals surface area (Å²) in [6, 6.07) is 47.9. The Labute approximate surface area is 287 Å². The molecule has 0 saturated heterocycles. The first-order valence-corrected chi connectivity index (χ1v) is 17.0. The van der Waals surface area contributed by atoms with Crippen LogP contribution in [0.25, 0.3) is 22.5 Å². The second-order valence-electron chi connectivity index (χ2n) is 12.5. The number of hydrazine groups is 1. The summed E-state index contributed by atoms with van der Waals surface area (Å²) in [7, 11) is 0. The second kappa shape index (κ2) is 14.2. The standard InChI is InChI=1S/C42H40N6O/c1-3-4-28-47-40(39(30-49)31(2)44-47)29-32-24-26-33(27-25-32)37-22-14-15-23-38(37)41-43-46-48(45-41)42(34-16-8-5-9-17-34,35-18-10-6-11-19-35)36-20-12-7-13-21-36/h5-27,30-31,44H,3-4,28-29H2,1-2H3. The average molecular weight is 645 g/mol. The molecule has 2 heterocycles. The Morgan fingerprint density at radius 3 is 1.84 bits per heavy atom. The number of nitrogens with one attached hydrogen (secondary N) is 1. The molecule has 1 aliphatic heterocycles. The van der Waals surface area contributed by atoms with Gasteiger partial charge in [-0.2, -0.15) is 0 Å². The van der Waals surface area contributed by atoms with E-state index < -0.39 is 5.54 Å². The summed E-state index contributed by atoms with van der Waals surface area (Å²) in [6.07, 6.45) is 3.85. The number of tetrazole rings is 1. The quantitative estimate of drug-likeness (QED) is 0.108. The molecule has 1 unspecified atom stereocenters. The molecule has 7 nitrogen and oxygen atoms in total. The van der Waals surface area contributed by atoms with Gasteiger partial charge in [-0.15, -0.1) is 15.0 Å². The minimum atomic E-state index is -0.849. The zero-order valence-electron chi connectivity index (χ0n) is 27.9. The molecule has 7 rings (SSSR count). The molecular weight excluding hydrogens is 605 g/mol. The topological polar surface area (TPSA) is 75.9 Å². The predicted molar refractivity (Wildman–Crippen MR) is 194 cm³/mol. The molecule has 244 valence electrons. The van der Waals surface area contributed by atoms with Crippen LogP contribution in [0.15, 0.2) is 151 Å². The van der Waals surface area contributed by atoms with Crippen LogP contribution in [-0.4, -0.2) is 44.1 Å². The Balaban J connectivity index is 1.27. The molecule has 0 saturated carbocycles. The molecule has 1 atom stereocenters. The molecule has 1 aliphatic rings. The van der Waals surface area contributed by atoms with E-state index in [1.165, 1.54) is 0 Å². The van der Waals surface area contributed by atoms with Crippen LogP contribution >= 0.6 is 0 Å². The molecule has 1 N–H and O–H groups in total. The van der Waals surface area contributed by atoms with Gasteiger partial charge in [-0.3, -0.25) is 4.79 Å². The Morgan fingerprint density at radius 2 is 1.29 bits per heavy atom. The van der Waals surface area contributed by atoms with E-state index in [9.17, 15) is 4.79 Å². The summed E-state index contributed by atoms with van der Waals surface area (Å²) in [5.74, 6) is 0.546. The molecule has 6 aromatic rings. The lowest BCUT2D eigenvalue weighted by molar-refractivity contribution is -0.105. The highest BCUT2D eigenvalue weighted by atomic mass is 16.1. The number of carbonyl (C=O) groups is 1. The smallest absolute Gasteiger partial charge is 0.205 e. The highest BCUT2D eigenvalue weighted by Crippen LogP contribution is 2.40. The number of hydrogen-bond acceptors (Lipinski definition) is 6. The van der Waals surface area contributed by atoms with Gasteiger partial charge < -0.3 is 5.01 Å². The lowest BCUT2D eigenvalue weighted by Crippen LogP contribution is -2.39. The number of carbonyl (C=O) groups excluding carboxylic acids is 1. The van der Waals surface area contributed by atoms with Crippen LogP contribution in [0.4, 0.5) is 0 Å². The first kappa shape index (κ1) is 31.9. The van der Waals surface area contributed by atoms with Gasteiger partial charge in [0.15, 0.2) is 5.54 Å². The SMILES string of the molecule is CCCCN1NC(C)C(C=O)=C1Cc1ccc(-c2ccccc2-c2nnn(C(c3ccccc3)(c3ccccc3)c3ccccc3)n2)cc1. The maximum atomic E-state index is 12.0. The molecule has 5 aromatic carbocycles. The molecule has 1 aromatic heterocycles. The Bertz CT molecular complexity index is 1940. The molecule has 0 aliphatic carbocycles. The molecular formula is C42H40N6O. The number of aromatic nitrogens is 4. The fourth-order valence-corrected chi connectivity index (χ4v) is 6.94. The maximum absolute atomic E-state index is 12.0. The van der Waals surface area contributed by atoms with Crippen molar-refractivity contribution < 1.29 is 4.79 Å². The molecule has 49 heavy (non-hydrogen) atoms. The minimum Gasteiger partial charge on any atom is -0.311 e. The van der Waals surface area contributed by atoms with Gasteiger partial charge in [0.25, 0.3) is 0 Å². The molecule has 0 radical (unpaired) electrons. The number of hydrogen-bond donors (Lipinski definition) is 1. The molecule has 7 heteroatoms. The second-order valence-corrected chi connectivity index (χ2v) is 12.5. The zero-order valence-corrected chi connectivity index (χ0v) is 27.9. The number of aldehydes is 1. The van der Waals surface area contributed by atoms with E-state index in [4.69, 9.17) is 15.4 Å². The Kier molecular flexibility index (Phi) is 9.26. The van der Waals surface area contributed by atoms with Gasteiger partial charge in [0.1, 0.15) is 6.29 Å². The van der Waals surface area contributed by atoms with Crippen molar-refractivity contribution in [3.8, 4) is 22.5 Å². The summed E-state index contributed by atoms with van der Waals surface area (Å²) in [5, 5.41) is 16.8. The average Bonchev–Trinajstić information content (AvgIpc) is 3.77. The summed E-state index contributed by atoms with van der Waals surface area (Å²) in [6.45, 7) is 5.11. The van der Waals surface area contributed by atoms with E-state index in [-0.39, 0.29) is 6.04 Å². The van der Waals surface area contributed by atoms with Gasteiger partial charge in [-0.1, -0.05) is 153 Å². The molecule has 0 bridgehead atoms. The number of benzene rings is 5. The van der Waals surface area contributed by atoms with Gasteiger partial charge >= 0.3 is 0 Å². The van der Waals surface area contributed by atoms with Crippen molar-refractivity contribution in [1.82, 2.24) is 30.6 Å². The van der Waals surface area contributed by atoms with Gasteiger partial charge in [0.2, 0.25) is 5.82 Å². The van der Waals surface area contributed by atoms with Crippen molar-refractivity contribution >= 4 is 6.29 Å². The third-order valence-electron chi connectivity index (χ3n) is 9.43. The van der Waals surface area contributed by atoms with E-state index >= 15 is 0 Å². The number of rotatable bonds is 12. The van der Waals surface area contributed by atoms with Crippen molar-refractivity contribution in [3.63, 3.8) is 0 Å². The van der Waals surface area contributed by atoms with Crippen LogP contribution in [0.3, 0.4) is 0 Å². The number of allylic oxidation sites excluding steroid dienone is 1. The first-order chi connectivity index (χ1) is 24.1. The summed E-state index contributed by atoms with van der Waals surface area (Å²) < 4.78 is 0. The first-order valence-electron chi connectivity index (χ1n) is 17.0. The van der Waals surface area contributed by atoms with E-state index in [2.05, 4.69) is 127 Å². The fourth-order valence-electron chi connectivity index (χ4n) is 6.94. The van der Waals surface area contributed by atoms with Crippen LogP contribution < -0.4 is 5.43 Å². The maximum Gasteiger partial charge on any atom is 0.205 e. The summed E-state index contributed by atoms with van der Waals surface area (Å²) in [5.41, 5.74) is 11.7. The van der Waals surface area contributed by atoms with E-state index in [1.54, 1.807) is 4.80 Å². The van der Waals surface area contributed by atoms with Crippen molar-refractivity contribution in [2.75, 3.05) is 6.54 Å². The van der Waals surface area contributed by atoms with Crippen molar-refractivity contribution in [3.05, 3.63) is 173 Å². The third kappa shape index (κ3) is 6.09. The van der Waals surface area contributed by atoms with Crippen molar-refractivity contribution in [1.29, 1.82) is 0 Å². The lowest BCUT2D eigenvalue weighted by atomic mass is 9.77. The summed E-state index contributed by atoms with van der Waals surface area (Å²) in [4.78, 5) is 13.8. The minimum absolute atomic E-state index is 0.0147. The Hall–Kier alpha value is -5.66. The fraction of sp³-hybridized carbons (Fsp3) is 0.190. The van der Waals surface area contributed by atoms with Crippen LogP contribution in [0.2, 0.25) is 0 Å². The Morgan fingerprint density at radius 1 is 0.735 bits per heavy atom. The lowest BCUT2D eigenvalue weighted by Gasteiger charge is -2.34. The van der Waals surface area contributed by atoms with Crippen LogP contribution in [0.1, 0.15) is 48.9 Å². The highest BCUT2D eigenvalue weighted by Gasteiger charge is 2.41. The van der Waals surface area contributed by atoms with Crippen molar-refractivity contribution in [2.24, 2.45) is 0 Å². The largest absolute Gasteiger partial charge is 0.311 e. The van der Waals surface area contributed by atoms with Crippen LogP contribution in [0, 0.1) is 0 Å². The zero-order chi connectivity index (χ0) is 33.6. The third-order valence-corrected chi connectivity index (χ3v) is 9.43. The number of nitrogens with zero attached hydrogens (tertiary/aromatic N) is 5. The van der Waals surface area contributed by atoms with Gasteiger partial charge in [-0.05, 0) is 51.9 Å². The molecule has 0 spiro atoms. The monoisotopic (exact) mass is 644 g/mol. The van der Waals surface area contributed by atoms with Crippen molar-refractivity contribution in [2.45, 2.75) is 44.7 Å². The van der Waals surface area contributed by atoms with E-state index in [0.717, 1.165) is 75.9 Å². The van der Waals surface area contributed by atoms with E-state index in [0.29, 0.717) is 12.2 Å². The summed E-state index contributed by atoms with van der Waals surface area (Å²) >= 11 is 0. The van der Waals surface area contributed by atoms with Crippen LogP contribution in [0.5, 0.6) is 0 Å². The van der Waals surface area contributed by atoms with Gasteiger partial charge in [0, 0.05) is 29.8 Å². The van der Waals surface area contributed by atoms with Crippen LogP contribution in [-0.2, 0) is 16.8 Å². The van der Waals surface area contributed by atoms with E-state index in [1.807, 2.05) is 37.3 Å². The highest BCUT2D eigenvalue weighted by molar-refractivity contribution is 5.80. The number of unbranched alkanes of at least 4 members (excludes halogenated alkanes) is 1. The normalized spacial score (nSPS) is 14.7. The van der Waals surface area contributed by atoms with Gasteiger partial charge in [-0.25, -0.2) is 5.43 Å². The van der Waals surface area contributed by atoms with Gasteiger partial charge in [0.05, 0.1) is 6.04 Å². The molecule has 0 amide bonds. The predicted octanol–water partition coefficient (Wildman–Crippen LogP) is 7.85.